The van der Waals surface area contributed by atoms with Crippen LogP contribution in [0.1, 0.15) is 6.42 Å². The molecule has 0 bridgehead atoms. The molecule has 1 aromatic heterocycles. The van der Waals surface area contributed by atoms with Crippen molar-refractivity contribution >= 4 is 45.0 Å². The molecule has 4 aromatic carbocycles. The molecule has 1 N–H and O–H groups in total. The predicted octanol–water partition coefficient (Wildman–Crippen LogP) is 5.66. The molecule has 1 heterocycles. The molecule has 0 saturated heterocycles. The highest BCUT2D eigenvalue weighted by Gasteiger charge is 2.14. The normalized spacial score (nSPS) is 11.0. The van der Waals surface area contributed by atoms with Crippen LogP contribution in [0.15, 0.2) is 107 Å². The number of fused-ring (bicyclic) bond motifs is 2. The Kier molecular flexibility index (Phi) is 5.91. The van der Waals surface area contributed by atoms with Gasteiger partial charge in [-0.15, -0.1) is 0 Å². The minimum Gasteiger partial charge on any atom is -0.326 e. The highest BCUT2D eigenvalue weighted by molar-refractivity contribution is 7.99. The summed E-state index contributed by atoms with van der Waals surface area (Å²) in [6.45, 7) is 0. The van der Waals surface area contributed by atoms with Crippen LogP contribution in [0.2, 0.25) is 0 Å². The number of nitrogens with zero attached hydrogens (tertiary/aromatic N) is 2. The Morgan fingerprint density at radius 3 is 2.42 bits per heavy atom. The van der Waals surface area contributed by atoms with Gasteiger partial charge in [-0.1, -0.05) is 72.4 Å². The Morgan fingerprint density at radius 1 is 0.848 bits per heavy atom. The number of amides is 1. The predicted molar refractivity (Wildman–Crippen MR) is 135 cm³/mol. The zero-order valence-electron chi connectivity index (χ0n) is 17.8. The van der Waals surface area contributed by atoms with Crippen molar-refractivity contribution in [2.75, 3.05) is 11.1 Å². The Morgan fingerprint density at radius 2 is 1.58 bits per heavy atom. The van der Waals surface area contributed by atoms with Crippen LogP contribution in [-0.2, 0) is 4.79 Å². The highest BCUT2D eigenvalue weighted by Crippen LogP contribution is 2.23. The number of benzene rings is 4. The van der Waals surface area contributed by atoms with Gasteiger partial charge in [0.2, 0.25) is 5.91 Å². The molecule has 0 spiro atoms. The summed E-state index contributed by atoms with van der Waals surface area (Å²) in [6, 6.07) is 30.7. The monoisotopic (exact) mass is 451 g/mol. The zero-order chi connectivity index (χ0) is 22.6. The first-order chi connectivity index (χ1) is 16.2. The molecule has 1 amide bonds. The summed E-state index contributed by atoms with van der Waals surface area (Å²) >= 11 is 1.40. The third kappa shape index (κ3) is 4.52. The van der Waals surface area contributed by atoms with Gasteiger partial charge >= 0.3 is 0 Å². The topological polar surface area (TPSA) is 64.0 Å². The molecule has 0 aliphatic rings. The fourth-order valence-electron chi connectivity index (χ4n) is 3.74. The van der Waals surface area contributed by atoms with E-state index >= 15 is 0 Å². The quantitative estimate of drug-likeness (QED) is 0.267. The molecule has 5 aromatic rings. The SMILES string of the molecule is O=C(CCSc1nc2ccccc2c(=O)n1-c1ccccc1)Nc1ccc2ccccc2c1. The number of carbonyl (C=O) groups is 1. The van der Waals surface area contributed by atoms with Crippen LogP contribution in [0.5, 0.6) is 0 Å². The summed E-state index contributed by atoms with van der Waals surface area (Å²) in [6.07, 6.45) is 0.301. The molecule has 162 valence electrons. The minimum atomic E-state index is -0.116. The lowest BCUT2D eigenvalue weighted by atomic mass is 10.1. The summed E-state index contributed by atoms with van der Waals surface area (Å²) in [5.74, 6) is 0.420. The molecule has 6 heteroatoms. The number of anilines is 1. The standard InChI is InChI=1S/C27H21N3O2S/c31-25(28-21-15-14-19-8-4-5-9-20(19)18-21)16-17-33-27-29-24-13-7-6-12-23(24)26(32)30(27)22-10-2-1-3-11-22/h1-15,18H,16-17H2,(H,28,31). The van der Waals surface area contributed by atoms with Crippen LogP contribution in [0, 0.1) is 0 Å². The number of carbonyl (C=O) groups excluding carboxylic acids is 1. The lowest BCUT2D eigenvalue weighted by Gasteiger charge is -2.13. The fourth-order valence-corrected chi connectivity index (χ4v) is 4.69. The molecule has 33 heavy (non-hydrogen) atoms. The minimum absolute atomic E-state index is 0.0767. The van der Waals surface area contributed by atoms with Gasteiger partial charge in [0.05, 0.1) is 16.6 Å². The van der Waals surface area contributed by atoms with Crippen LogP contribution >= 0.6 is 11.8 Å². The molecule has 0 saturated carbocycles. The molecule has 0 radical (unpaired) electrons. The first-order valence-electron chi connectivity index (χ1n) is 10.7. The third-order valence-electron chi connectivity index (χ3n) is 5.35. The largest absolute Gasteiger partial charge is 0.326 e. The number of rotatable bonds is 6. The van der Waals surface area contributed by atoms with Crippen LogP contribution in [0.4, 0.5) is 5.69 Å². The van der Waals surface area contributed by atoms with Gasteiger partial charge in [-0.25, -0.2) is 4.98 Å². The fraction of sp³-hybridized carbons (Fsp3) is 0.0741. The summed E-state index contributed by atoms with van der Waals surface area (Å²) < 4.78 is 1.62. The average Bonchev–Trinajstić information content (AvgIpc) is 2.85. The van der Waals surface area contributed by atoms with Crippen molar-refractivity contribution in [3.8, 4) is 5.69 Å². The number of nitrogens with one attached hydrogen (secondary N) is 1. The smallest absolute Gasteiger partial charge is 0.266 e. The van der Waals surface area contributed by atoms with E-state index in [1.807, 2.05) is 91.0 Å². The lowest BCUT2D eigenvalue weighted by molar-refractivity contribution is -0.115. The van der Waals surface area contributed by atoms with E-state index < -0.39 is 0 Å². The van der Waals surface area contributed by atoms with Gasteiger partial charge in [-0.2, -0.15) is 0 Å². The number of hydrogen-bond donors (Lipinski definition) is 1. The van der Waals surface area contributed by atoms with Gasteiger partial charge in [0.15, 0.2) is 5.16 Å². The van der Waals surface area contributed by atoms with Gasteiger partial charge in [0.25, 0.3) is 5.56 Å². The van der Waals surface area contributed by atoms with E-state index in [1.54, 1.807) is 10.6 Å². The van der Waals surface area contributed by atoms with Crippen molar-refractivity contribution in [1.29, 1.82) is 0 Å². The van der Waals surface area contributed by atoms with Crippen molar-refractivity contribution in [3.05, 3.63) is 107 Å². The van der Waals surface area contributed by atoms with E-state index in [9.17, 15) is 9.59 Å². The van der Waals surface area contributed by atoms with Gasteiger partial charge in [-0.05, 0) is 47.2 Å². The summed E-state index contributed by atoms with van der Waals surface area (Å²) in [5, 5.41) is 6.32. The van der Waals surface area contributed by atoms with Crippen molar-refractivity contribution in [2.45, 2.75) is 11.6 Å². The maximum Gasteiger partial charge on any atom is 0.266 e. The molecular weight excluding hydrogens is 430 g/mol. The number of hydrogen-bond acceptors (Lipinski definition) is 4. The van der Waals surface area contributed by atoms with Gasteiger partial charge in [0.1, 0.15) is 0 Å². The van der Waals surface area contributed by atoms with Crippen molar-refractivity contribution in [2.24, 2.45) is 0 Å². The van der Waals surface area contributed by atoms with E-state index in [4.69, 9.17) is 4.98 Å². The van der Waals surface area contributed by atoms with E-state index in [0.29, 0.717) is 28.2 Å². The zero-order valence-corrected chi connectivity index (χ0v) is 18.6. The number of aromatic nitrogens is 2. The first kappa shape index (κ1) is 21.0. The van der Waals surface area contributed by atoms with Crippen molar-refractivity contribution < 1.29 is 4.79 Å². The van der Waals surface area contributed by atoms with E-state index in [1.165, 1.54) is 11.8 Å². The Bertz CT molecular complexity index is 1510. The second kappa shape index (κ2) is 9.30. The first-order valence-corrected chi connectivity index (χ1v) is 11.7. The second-order valence-corrected chi connectivity index (χ2v) is 8.66. The molecule has 0 unspecified atom stereocenters. The number of thioether (sulfide) groups is 1. The van der Waals surface area contributed by atoms with Gasteiger partial charge < -0.3 is 5.32 Å². The molecule has 5 rings (SSSR count). The highest BCUT2D eigenvalue weighted by atomic mass is 32.2. The van der Waals surface area contributed by atoms with Crippen molar-refractivity contribution in [3.63, 3.8) is 0 Å². The van der Waals surface area contributed by atoms with Crippen LogP contribution in [-0.4, -0.2) is 21.2 Å². The Labute approximate surface area is 195 Å². The maximum absolute atomic E-state index is 13.2. The summed E-state index contributed by atoms with van der Waals surface area (Å²) in [7, 11) is 0. The average molecular weight is 452 g/mol. The Balaban J connectivity index is 1.34. The van der Waals surface area contributed by atoms with Crippen LogP contribution in [0.3, 0.4) is 0 Å². The van der Waals surface area contributed by atoms with Crippen LogP contribution in [0.25, 0.3) is 27.4 Å². The number of para-hydroxylation sites is 2. The van der Waals surface area contributed by atoms with Crippen LogP contribution < -0.4 is 10.9 Å². The molecular formula is C27H21N3O2S. The van der Waals surface area contributed by atoms with Gasteiger partial charge in [0, 0.05) is 17.9 Å². The molecule has 5 nitrogen and oxygen atoms in total. The molecule has 0 fully saturated rings. The Hall–Kier alpha value is -3.90. The summed E-state index contributed by atoms with van der Waals surface area (Å²) in [5.41, 5.74) is 2.06. The van der Waals surface area contributed by atoms with Crippen molar-refractivity contribution in [1.82, 2.24) is 9.55 Å². The second-order valence-electron chi connectivity index (χ2n) is 7.60. The molecule has 0 aliphatic carbocycles. The summed E-state index contributed by atoms with van der Waals surface area (Å²) in [4.78, 5) is 30.5. The van der Waals surface area contributed by atoms with E-state index in [0.717, 1.165) is 22.1 Å². The lowest BCUT2D eigenvalue weighted by Crippen LogP contribution is -2.22. The maximum atomic E-state index is 13.2. The van der Waals surface area contributed by atoms with E-state index in [2.05, 4.69) is 5.32 Å². The van der Waals surface area contributed by atoms with Gasteiger partial charge in [-0.3, -0.25) is 14.2 Å². The third-order valence-corrected chi connectivity index (χ3v) is 6.29. The molecule has 0 aliphatic heterocycles. The van der Waals surface area contributed by atoms with E-state index in [-0.39, 0.29) is 11.5 Å². The molecule has 0 atom stereocenters.